The monoisotopic (exact) mass is 379 g/mol. The summed E-state index contributed by atoms with van der Waals surface area (Å²) in [4.78, 5) is 4.55. The molecule has 0 fully saturated rings. The van der Waals surface area contributed by atoms with Crippen LogP contribution in [0.2, 0.25) is 0 Å². The Bertz CT molecular complexity index is 1180. The van der Waals surface area contributed by atoms with Gasteiger partial charge in [-0.05, 0) is 60.7 Å². The number of para-hydroxylation sites is 2. The second kappa shape index (κ2) is 6.77. The number of methoxy groups -OCH3 is 1. The van der Waals surface area contributed by atoms with E-state index in [9.17, 15) is 8.42 Å². The third kappa shape index (κ3) is 3.37. The Hall–Kier alpha value is -3.32. The molecule has 0 saturated carbocycles. The number of aromatic nitrogens is 2. The molecule has 0 atom stereocenters. The molecule has 136 valence electrons. The first-order valence-corrected chi connectivity index (χ1v) is 9.74. The van der Waals surface area contributed by atoms with Crippen LogP contribution < -0.4 is 9.46 Å². The highest BCUT2D eigenvalue weighted by Gasteiger charge is 2.14. The van der Waals surface area contributed by atoms with Gasteiger partial charge in [-0.15, -0.1) is 0 Å². The van der Waals surface area contributed by atoms with Crippen molar-refractivity contribution in [1.29, 1.82) is 0 Å². The molecule has 3 aromatic carbocycles. The van der Waals surface area contributed by atoms with Crippen molar-refractivity contribution in [2.24, 2.45) is 0 Å². The summed E-state index contributed by atoms with van der Waals surface area (Å²) in [6.45, 7) is 0. The lowest BCUT2D eigenvalue weighted by atomic mass is 10.2. The maximum Gasteiger partial charge on any atom is 0.261 e. The van der Waals surface area contributed by atoms with Crippen molar-refractivity contribution < 1.29 is 13.2 Å². The molecule has 0 aliphatic carbocycles. The van der Waals surface area contributed by atoms with Crippen molar-refractivity contribution in [3.05, 3.63) is 79.1 Å². The van der Waals surface area contributed by atoms with E-state index in [0.717, 1.165) is 16.7 Å². The zero-order valence-corrected chi connectivity index (χ0v) is 15.3. The van der Waals surface area contributed by atoms with Crippen LogP contribution in [0.1, 0.15) is 0 Å². The molecule has 0 spiro atoms. The van der Waals surface area contributed by atoms with E-state index >= 15 is 0 Å². The number of anilines is 1. The first-order chi connectivity index (χ1) is 13.1. The molecule has 0 unspecified atom stereocenters. The Morgan fingerprint density at radius 3 is 2.33 bits per heavy atom. The third-order valence-electron chi connectivity index (χ3n) is 4.22. The van der Waals surface area contributed by atoms with E-state index in [2.05, 4.69) is 9.71 Å². The van der Waals surface area contributed by atoms with Crippen molar-refractivity contribution in [1.82, 2.24) is 9.55 Å². The van der Waals surface area contributed by atoms with Gasteiger partial charge in [0, 0.05) is 11.4 Å². The first kappa shape index (κ1) is 17.1. The standard InChI is InChI=1S/C20H17N3O3S/c1-26-17-10-12-18(13-11-17)27(24,25)22-15-6-8-16(9-7-15)23-14-21-19-4-2-3-5-20(19)23/h2-14,22H,1H3. The Labute approximate surface area is 157 Å². The van der Waals surface area contributed by atoms with E-state index in [-0.39, 0.29) is 4.90 Å². The predicted molar refractivity (Wildman–Crippen MR) is 105 cm³/mol. The second-order valence-electron chi connectivity index (χ2n) is 5.93. The average molecular weight is 379 g/mol. The van der Waals surface area contributed by atoms with Crippen molar-refractivity contribution in [3.8, 4) is 11.4 Å². The van der Waals surface area contributed by atoms with Crippen molar-refractivity contribution in [2.45, 2.75) is 4.90 Å². The van der Waals surface area contributed by atoms with Gasteiger partial charge in [0.15, 0.2) is 0 Å². The summed E-state index contributed by atoms with van der Waals surface area (Å²) in [5.74, 6) is 0.603. The lowest BCUT2D eigenvalue weighted by Gasteiger charge is -2.10. The molecule has 0 aliphatic heterocycles. The number of fused-ring (bicyclic) bond motifs is 1. The highest BCUT2D eigenvalue weighted by molar-refractivity contribution is 7.92. The largest absolute Gasteiger partial charge is 0.497 e. The molecule has 27 heavy (non-hydrogen) atoms. The summed E-state index contributed by atoms with van der Waals surface area (Å²) in [5, 5.41) is 0. The van der Waals surface area contributed by atoms with Crippen LogP contribution in [0.3, 0.4) is 0 Å². The number of ether oxygens (including phenoxy) is 1. The summed E-state index contributed by atoms with van der Waals surface area (Å²) in [5.41, 5.74) is 3.28. The van der Waals surface area contributed by atoms with E-state index in [0.29, 0.717) is 11.4 Å². The fourth-order valence-electron chi connectivity index (χ4n) is 2.82. The minimum absolute atomic E-state index is 0.174. The van der Waals surface area contributed by atoms with Crippen LogP contribution in [0.4, 0.5) is 5.69 Å². The third-order valence-corrected chi connectivity index (χ3v) is 5.62. The Balaban J connectivity index is 1.58. The number of sulfonamides is 1. The van der Waals surface area contributed by atoms with Gasteiger partial charge >= 0.3 is 0 Å². The van der Waals surface area contributed by atoms with Crippen LogP contribution in [-0.2, 0) is 10.0 Å². The van der Waals surface area contributed by atoms with Gasteiger partial charge in [-0.25, -0.2) is 13.4 Å². The SMILES string of the molecule is COc1ccc(S(=O)(=O)Nc2ccc(-n3cnc4ccccc43)cc2)cc1. The summed E-state index contributed by atoms with van der Waals surface area (Å²) >= 11 is 0. The van der Waals surface area contributed by atoms with E-state index in [1.165, 1.54) is 19.2 Å². The smallest absolute Gasteiger partial charge is 0.261 e. The topological polar surface area (TPSA) is 73.2 Å². The maximum absolute atomic E-state index is 12.5. The average Bonchev–Trinajstić information content (AvgIpc) is 3.12. The minimum Gasteiger partial charge on any atom is -0.497 e. The van der Waals surface area contributed by atoms with Crippen LogP contribution in [0, 0.1) is 0 Å². The van der Waals surface area contributed by atoms with Gasteiger partial charge in [0.05, 0.1) is 23.0 Å². The highest BCUT2D eigenvalue weighted by atomic mass is 32.2. The molecule has 0 amide bonds. The lowest BCUT2D eigenvalue weighted by molar-refractivity contribution is 0.414. The number of nitrogens with zero attached hydrogens (tertiary/aromatic N) is 2. The van der Waals surface area contributed by atoms with Crippen molar-refractivity contribution in [3.63, 3.8) is 0 Å². The maximum atomic E-state index is 12.5. The molecule has 1 N–H and O–H groups in total. The molecule has 4 aromatic rings. The first-order valence-electron chi connectivity index (χ1n) is 8.26. The molecule has 0 bridgehead atoms. The second-order valence-corrected chi connectivity index (χ2v) is 7.61. The van der Waals surface area contributed by atoms with Crippen molar-refractivity contribution in [2.75, 3.05) is 11.8 Å². The lowest BCUT2D eigenvalue weighted by Crippen LogP contribution is -2.12. The number of hydrogen-bond acceptors (Lipinski definition) is 4. The molecule has 0 saturated heterocycles. The fourth-order valence-corrected chi connectivity index (χ4v) is 3.88. The molecule has 0 aliphatic rings. The number of imidazole rings is 1. The van der Waals surface area contributed by atoms with E-state index < -0.39 is 10.0 Å². The summed E-state index contributed by atoms with van der Waals surface area (Å²) in [7, 11) is -2.13. The normalized spacial score (nSPS) is 11.4. The molecule has 1 aromatic heterocycles. The molecule has 7 heteroatoms. The van der Waals surface area contributed by atoms with Crippen LogP contribution >= 0.6 is 0 Å². The molecule has 6 nitrogen and oxygen atoms in total. The number of rotatable bonds is 5. The van der Waals surface area contributed by atoms with Gasteiger partial charge in [-0.2, -0.15) is 0 Å². The van der Waals surface area contributed by atoms with Gasteiger partial charge in [-0.3, -0.25) is 9.29 Å². The van der Waals surface area contributed by atoms with Crippen LogP contribution in [0.15, 0.2) is 84.0 Å². The molecular formula is C20H17N3O3S. The number of benzene rings is 3. The van der Waals surface area contributed by atoms with Gasteiger partial charge in [0.25, 0.3) is 10.0 Å². The van der Waals surface area contributed by atoms with Crippen LogP contribution in [0.25, 0.3) is 16.7 Å². The number of nitrogens with one attached hydrogen (secondary N) is 1. The quantitative estimate of drug-likeness (QED) is 0.572. The van der Waals surface area contributed by atoms with Gasteiger partial charge in [0.2, 0.25) is 0 Å². The van der Waals surface area contributed by atoms with Gasteiger partial charge in [-0.1, -0.05) is 12.1 Å². The van der Waals surface area contributed by atoms with Crippen LogP contribution in [-0.4, -0.2) is 25.1 Å². The van der Waals surface area contributed by atoms with E-state index in [1.807, 2.05) is 41.0 Å². The Kier molecular flexibility index (Phi) is 4.29. The van der Waals surface area contributed by atoms with Crippen molar-refractivity contribution >= 4 is 26.7 Å². The van der Waals surface area contributed by atoms with E-state index in [4.69, 9.17) is 4.74 Å². The predicted octanol–water partition coefficient (Wildman–Crippen LogP) is 3.83. The molecular weight excluding hydrogens is 362 g/mol. The zero-order valence-electron chi connectivity index (χ0n) is 14.5. The summed E-state index contributed by atoms with van der Waals surface area (Å²) in [6, 6.07) is 21.2. The van der Waals surface area contributed by atoms with Gasteiger partial charge in [0.1, 0.15) is 12.1 Å². The van der Waals surface area contributed by atoms with Gasteiger partial charge < -0.3 is 4.74 Å². The van der Waals surface area contributed by atoms with E-state index in [1.54, 1.807) is 30.6 Å². The molecule has 4 rings (SSSR count). The zero-order chi connectivity index (χ0) is 18.9. The fraction of sp³-hybridized carbons (Fsp3) is 0.0500. The Morgan fingerprint density at radius 2 is 1.63 bits per heavy atom. The van der Waals surface area contributed by atoms with Crippen LogP contribution in [0.5, 0.6) is 5.75 Å². The highest BCUT2D eigenvalue weighted by Crippen LogP contribution is 2.22. The summed E-state index contributed by atoms with van der Waals surface area (Å²) in [6.07, 6.45) is 1.75. The molecule has 0 radical (unpaired) electrons. The molecule has 1 heterocycles. The summed E-state index contributed by atoms with van der Waals surface area (Å²) < 4.78 is 34.6. The minimum atomic E-state index is -3.66. The number of hydrogen-bond donors (Lipinski definition) is 1. The Morgan fingerprint density at radius 1 is 0.926 bits per heavy atom.